The van der Waals surface area contributed by atoms with Gasteiger partial charge < -0.3 is 15.5 Å². The third-order valence-electron chi connectivity index (χ3n) is 2.44. The van der Waals surface area contributed by atoms with Gasteiger partial charge in [-0.05, 0) is 36.4 Å². The molecule has 4 heteroatoms. The maximum Gasteiger partial charge on any atom is 0.124 e. The number of rotatable bonds is 3. The molecule has 2 aromatic rings. The van der Waals surface area contributed by atoms with Gasteiger partial charge in [-0.1, -0.05) is 22.0 Å². The fraction of sp³-hybridized carbons (Fsp3) is 0.0769. The van der Waals surface area contributed by atoms with E-state index in [1.54, 1.807) is 18.2 Å². The molecule has 0 unspecified atom stereocenters. The summed E-state index contributed by atoms with van der Waals surface area (Å²) < 4.78 is 1.01. The maximum atomic E-state index is 9.61. The molecule has 17 heavy (non-hydrogen) atoms. The minimum Gasteiger partial charge on any atom is -0.507 e. The van der Waals surface area contributed by atoms with Gasteiger partial charge in [-0.3, -0.25) is 0 Å². The zero-order valence-corrected chi connectivity index (χ0v) is 10.6. The Morgan fingerprint density at radius 1 is 0.941 bits per heavy atom. The van der Waals surface area contributed by atoms with Crippen molar-refractivity contribution < 1.29 is 10.2 Å². The van der Waals surface area contributed by atoms with Crippen LogP contribution in [0.2, 0.25) is 0 Å². The van der Waals surface area contributed by atoms with Crippen LogP contribution in [-0.2, 0) is 6.54 Å². The second-order valence-electron chi connectivity index (χ2n) is 3.64. The van der Waals surface area contributed by atoms with Crippen molar-refractivity contribution in [3.63, 3.8) is 0 Å². The molecule has 0 radical (unpaired) electrons. The van der Waals surface area contributed by atoms with Crippen molar-refractivity contribution in [1.29, 1.82) is 0 Å². The SMILES string of the molecule is Oc1cccc(O)c1CNc1ccc(Br)cc1. The Bertz CT molecular complexity index is 491. The summed E-state index contributed by atoms with van der Waals surface area (Å²) in [5.41, 5.74) is 1.42. The largest absolute Gasteiger partial charge is 0.507 e. The van der Waals surface area contributed by atoms with E-state index < -0.39 is 0 Å². The molecule has 0 aliphatic carbocycles. The summed E-state index contributed by atoms with van der Waals surface area (Å²) in [4.78, 5) is 0. The van der Waals surface area contributed by atoms with E-state index in [0.29, 0.717) is 12.1 Å². The van der Waals surface area contributed by atoms with Gasteiger partial charge in [0.15, 0.2) is 0 Å². The first-order valence-corrected chi connectivity index (χ1v) is 5.95. The third kappa shape index (κ3) is 2.91. The van der Waals surface area contributed by atoms with Crippen molar-refractivity contribution in [2.75, 3.05) is 5.32 Å². The lowest BCUT2D eigenvalue weighted by atomic mass is 10.1. The van der Waals surface area contributed by atoms with Crippen LogP contribution in [0.4, 0.5) is 5.69 Å². The predicted molar refractivity (Wildman–Crippen MR) is 71.2 cm³/mol. The number of phenols is 2. The molecule has 2 aromatic carbocycles. The van der Waals surface area contributed by atoms with E-state index in [0.717, 1.165) is 10.2 Å². The van der Waals surface area contributed by atoms with Crippen molar-refractivity contribution in [3.8, 4) is 11.5 Å². The minimum atomic E-state index is 0.0922. The molecule has 0 saturated heterocycles. The van der Waals surface area contributed by atoms with Gasteiger partial charge in [0.2, 0.25) is 0 Å². The summed E-state index contributed by atoms with van der Waals surface area (Å²) in [6.07, 6.45) is 0. The van der Waals surface area contributed by atoms with Gasteiger partial charge in [0.05, 0.1) is 5.56 Å². The molecule has 88 valence electrons. The number of phenolic OH excluding ortho intramolecular Hbond substituents is 2. The van der Waals surface area contributed by atoms with Crippen LogP contribution in [0.1, 0.15) is 5.56 Å². The van der Waals surface area contributed by atoms with Crippen LogP contribution in [0.5, 0.6) is 11.5 Å². The fourth-order valence-electron chi connectivity index (χ4n) is 1.50. The molecule has 0 bridgehead atoms. The number of hydrogen-bond acceptors (Lipinski definition) is 3. The Hall–Kier alpha value is -1.68. The van der Waals surface area contributed by atoms with Crippen molar-refractivity contribution >= 4 is 21.6 Å². The molecule has 0 fully saturated rings. The van der Waals surface area contributed by atoms with Crippen LogP contribution in [-0.4, -0.2) is 10.2 Å². The minimum absolute atomic E-state index is 0.0922. The number of benzene rings is 2. The van der Waals surface area contributed by atoms with Crippen LogP contribution in [0.3, 0.4) is 0 Å². The van der Waals surface area contributed by atoms with E-state index in [4.69, 9.17) is 0 Å². The van der Waals surface area contributed by atoms with Crippen LogP contribution in [0, 0.1) is 0 Å². The molecule has 0 aromatic heterocycles. The fourth-order valence-corrected chi connectivity index (χ4v) is 1.77. The van der Waals surface area contributed by atoms with Gasteiger partial charge >= 0.3 is 0 Å². The number of aromatic hydroxyl groups is 2. The normalized spacial score (nSPS) is 10.2. The van der Waals surface area contributed by atoms with Gasteiger partial charge in [-0.2, -0.15) is 0 Å². The van der Waals surface area contributed by atoms with Gasteiger partial charge in [0.1, 0.15) is 11.5 Å². The molecule has 0 heterocycles. The number of nitrogens with one attached hydrogen (secondary N) is 1. The lowest BCUT2D eigenvalue weighted by molar-refractivity contribution is 0.440. The third-order valence-corrected chi connectivity index (χ3v) is 2.97. The first-order valence-electron chi connectivity index (χ1n) is 5.16. The van der Waals surface area contributed by atoms with Crippen LogP contribution in [0.25, 0.3) is 0 Å². The first-order chi connectivity index (χ1) is 8.16. The van der Waals surface area contributed by atoms with Crippen LogP contribution < -0.4 is 5.32 Å². The lowest BCUT2D eigenvalue weighted by Gasteiger charge is -2.09. The topological polar surface area (TPSA) is 52.5 Å². The van der Waals surface area contributed by atoms with Crippen molar-refractivity contribution in [1.82, 2.24) is 0 Å². The number of hydrogen-bond donors (Lipinski definition) is 3. The molecule has 0 aliphatic rings. The summed E-state index contributed by atoms with van der Waals surface area (Å²) in [6.45, 7) is 0.375. The number of halogens is 1. The Morgan fingerprint density at radius 3 is 2.12 bits per heavy atom. The average molecular weight is 294 g/mol. The molecule has 0 saturated carbocycles. The highest BCUT2D eigenvalue weighted by molar-refractivity contribution is 9.10. The van der Waals surface area contributed by atoms with Crippen molar-refractivity contribution in [3.05, 3.63) is 52.5 Å². The molecule has 0 aliphatic heterocycles. The zero-order chi connectivity index (χ0) is 12.3. The molecule has 2 rings (SSSR count). The quantitative estimate of drug-likeness (QED) is 0.812. The zero-order valence-electron chi connectivity index (χ0n) is 9.02. The van der Waals surface area contributed by atoms with Crippen molar-refractivity contribution in [2.45, 2.75) is 6.54 Å². The lowest BCUT2D eigenvalue weighted by Crippen LogP contribution is -1.99. The van der Waals surface area contributed by atoms with E-state index in [1.807, 2.05) is 24.3 Å². The molecule has 3 nitrogen and oxygen atoms in total. The standard InChI is InChI=1S/C13H12BrNO2/c14-9-4-6-10(7-5-9)15-8-11-12(16)2-1-3-13(11)17/h1-7,15-17H,8H2. The van der Waals surface area contributed by atoms with E-state index in [1.165, 1.54) is 0 Å². The van der Waals surface area contributed by atoms with Gasteiger partial charge in [0.25, 0.3) is 0 Å². The van der Waals surface area contributed by atoms with E-state index in [-0.39, 0.29) is 11.5 Å². The molecule has 0 amide bonds. The Kier molecular flexibility index (Phi) is 3.54. The summed E-state index contributed by atoms with van der Waals surface area (Å²) in [5.74, 6) is 0.184. The molecular weight excluding hydrogens is 282 g/mol. The van der Waals surface area contributed by atoms with Gasteiger partial charge in [-0.15, -0.1) is 0 Å². The van der Waals surface area contributed by atoms with Crippen LogP contribution in [0.15, 0.2) is 46.9 Å². The smallest absolute Gasteiger partial charge is 0.124 e. The predicted octanol–water partition coefficient (Wildman–Crippen LogP) is 3.47. The second kappa shape index (κ2) is 5.10. The highest BCUT2D eigenvalue weighted by atomic mass is 79.9. The Labute approximate surface area is 108 Å². The monoisotopic (exact) mass is 293 g/mol. The number of anilines is 1. The summed E-state index contributed by atoms with van der Waals surface area (Å²) >= 11 is 3.36. The molecule has 0 spiro atoms. The Balaban J connectivity index is 2.10. The van der Waals surface area contributed by atoms with Crippen molar-refractivity contribution in [2.24, 2.45) is 0 Å². The first kappa shape index (κ1) is 11.8. The second-order valence-corrected chi connectivity index (χ2v) is 4.55. The van der Waals surface area contributed by atoms with E-state index >= 15 is 0 Å². The Morgan fingerprint density at radius 2 is 1.53 bits per heavy atom. The highest BCUT2D eigenvalue weighted by Crippen LogP contribution is 2.27. The summed E-state index contributed by atoms with van der Waals surface area (Å²) in [6, 6.07) is 12.4. The molecule has 3 N–H and O–H groups in total. The van der Waals surface area contributed by atoms with E-state index in [2.05, 4.69) is 21.2 Å². The van der Waals surface area contributed by atoms with Gasteiger partial charge in [-0.25, -0.2) is 0 Å². The average Bonchev–Trinajstić information content (AvgIpc) is 2.31. The van der Waals surface area contributed by atoms with E-state index in [9.17, 15) is 10.2 Å². The maximum absolute atomic E-state index is 9.61. The highest BCUT2D eigenvalue weighted by Gasteiger charge is 2.05. The summed E-state index contributed by atoms with van der Waals surface area (Å²) in [7, 11) is 0. The molecular formula is C13H12BrNO2. The molecule has 0 atom stereocenters. The van der Waals surface area contributed by atoms with Gasteiger partial charge in [0, 0.05) is 16.7 Å². The summed E-state index contributed by atoms with van der Waals surface area (Å²) in [5, 5.41) is 22.3. The van der Waals surface area contributed by atoms with Crippen LogP contribution >= 0.6 is 15.9 Å².